The van der Waals surface area contributed by atoms with E-state index in [1.807, 2.05) is 4.90 Å². The molecular formula is C28H37F2N5O6. The molecule has 4 heterocycles. The summed E-state index contributed by atoms with van der Waals surface area (Å²) in [7, 11) is 0. The number of nitrogens with one attached hydrogen (secondary N) is 2. The number of aliphatic hydroxyl groups excluding tert-OH is 2. The van der Waals surface area contributed by atoms with Gasteiger partial charge >= 0.3 is 0 Å². The van der Waals surface area contributed by atoms with Crippen molar-refractivity contribution in [3.8, 4) is 0 Å². The Hall–Kier alpha value is -2.71. The van der Waals surface area contributed by atoms with Gasteiger partial charge in [-0.15, -0.1) is 0 Å². The second-order valence-corrected chi connectivity index (χ2v) is 12.0. The monoisotopic (exact) mass is 577 g/mol. The van der Waals surface area contributed by atoms with Crippen LogP contribution in [0.1, 0.15) is 37.7 Å². The van der Waals surface area contributed by atoms with Gasteiger partial charge in [-0.3, -0.25) is 24.2 Å². The van der Waals surface area contributed by atoms with Gasteiger partial charge in [0.1, 0.15) is 24.4 Å². The van der Waals surface area contributed by atoms with Gasteiger partial charge in [-0.1, -0.05) is 12.5 Å². The number of aliphatic hydroxyl groups is 2. The summed E-state index contributed by atoms with van der Waals surface area (Å²) in [5.41, 5.74) is 0.495. The molecule has 11 nitrogen and oxygen atoms in total. The molecule has 4 saturated heterocycles. The molecule has 1 saturated carbocycles. The van der Waals surface area contributed by atoms with Crippen molar-refractivity contribution in [3.05, 3.63) is 35.4 Å². The van der Waals surface area contributed by atoms with Crippen molar-refractivity contribution < 1.29 is 38.1 Å². The lowest BCUT2D eigenvalue weighted by Gasteiger charge is -2.44. The van der Waals surface area contributed by atoms with Crippen molar-refractivity contribution in [2.75, 3.05) is 32.7 Å². The Kier molecular flexibility index (Phi) is 7.98. The van der Waals surface area contributed by atoms with Crippen molar-refractivity contribution in [1.29, 1.82) is 0 Å². The maximum Gasteiger partial charge on any atom is 0.240 e. The molecule has 1 aromatic carbocycles. The molecule has 5 fully saturated rings. The normalized spacial score (nSPS) is 35.8. The third kappa shape index (κ3) is 5.70. The van der Waals surface area contributed by atoms with Gasteiger partial charge in [-0.2, -0.15) is 0 Å². The number of carbonyl (C=O) groups excluding carboxylic acids is 3. The Morgan fingerprint density at radius 2 is 1.76 bits per heavy atom. The molecule has 4 aliphatic heterocycles. The molecule has 7 atom stereocenters. The van der Waals surface area contributed by atoms with Gasteiger partial charge in [0.15, 0.2) is 11.6 Å². The highest BCUT2D eigenvalue weighted by Crippen LogP contribution is 2.33. The Labute approximate surface area is 236 Å². The molecule has 0 radical (unpaired) electrons. The molecule has 6 bridgehead atoms. The van der Waals surface area contributed by atoms with Gasteiger partial charge in [0.05, 0.1) is 18.6 Å². The van der Waals surface area contributed by atoms with E-state index in [4.69, 9.17) is 4.74 Å². The topological polar surface area (TPSA) is 135 Å². The highest BCUT2D eigenvalue weighted by Gasteiger charge is 2.47. The van der Waals surface area contributed by atoms with Crippen molar-refractivity contribution >= 4 is 17.7 Å². The number of halogens is 2. The minimum atomic E-state index is -1.29. The molecule has 224 valence electrons. The summed E-state index contributed by atoms with van der Waals surface area (Å²) in [6.07, 6.45) is -1.11. The van der Waals surface area contributed by atoms with Crippen LogP contribution in [0.25, 0.3) is 0 Å². The molecule has 3 amide bonds. The Bertz CT molecular complexity index is 1190. The van der Waals surface area contributed by atoms with Crippen molar-refractivity contribution in [2.45, 2.75) is 87.2 Å². The number of nitrogens with zero attached hydrogens (tertiary/aromatic N) is 3. The van der Waals surface area contributed by atoms with E-state index in [1.54, 1.807) is 4.90 Å². The predicted octanol–water partition coefficient (Wildman–Crippen LogP) is -0.902. The fourth-order valence-electron chi connectivity index (χ4n) is 6.82. The summed E-state index contributed by atoms with van der Waals surface area (Å²) in [6, 6.07) is 2.41. The van der Waals surface area contributed by atoms with Crippen LogP contribution < -0.4 is 10.6 Å². The maximum absolute atomic E-state index is 13.9. The van der Waals surface area contributed by atoms with Gasteiger partial charge < -0.3 is 30.5 Å². The first-order valence-corrected chi connectivity index (χ1v) is 14.5. The summed E-state index contributed by atoms with van der Waals surface area (Å²) in [5.74, 6) is -2.75. The second kappa shape index (κ2) is 11.5. The predicted molar refractivity (Wildman–Crippen MR) is 140 cm³/mol. The van der Waals surface area contributed by atoms with Crippen LogP contribution in [0.3, 0.4) is 0 Å². The Balaban J connectivity index is 1.27. The molecule has 1 aliphatic carbocycles. The molecular weight excluding hydrogens is 540 g/mol. The summed E-state index contributed by atoms with van der Waals surface area (Å²) < 4.78 is 33.3. The number of fused-ring (bicyclic) bond motifs is 6. The van der Waals surface area contributed by atoms with Gasteiger partial charge in [0.25, 0.3) is 0 Å². The van der Waals surface area contributed by atoms with Crippen LogP contribution in [0.4, 0.5) is 8.78 Å². The lowest BCUT2D eigenvalue weighted by Crippen LogP contribution is -2.62. The second-order valence-electron chi connectivity index (χ2n) is 12.0. The van der Waals surface area contributed by atoms with E-state index in [0.29, 0.717) is 31.6 Å². The van der Waals surface area contributed by atoms with E-state index in [0.717, 1.165) is 31.4 Å². The van der Waals surface area contributed by atoms with Crippen LogP contribution >= 0.6 is 0 Å². The average molecular weight is 578 g/mol. The van der Waals surface area contributed by atoms with Crippen LogP contribution in [0, 0.1) is 11.6 Å². The van der Waals surface area contributed by atoms with Crippen LogP contribution in [0.5, 0.6) is 0 Å². The number of hydrogen-bond acceptors (Lipinski definition) is 8. The number of likely N-dealkylation sites (tertiary alicyclic amines) is 1. The number of rotatable bonds is 3. The van der Waals surface area contributed by atoms with E-state index < -0.39 is 54.0 Å². The van der Waals surface area contributed by atoms with Crippen LogP contribution in [0.15, 0.2) is 18.2 Å². The quantitative estimate of drug-likeness (QED) is 0.363. The summed E-state index contributed by atoms with van der Waals surface area (Å²) in [6.45, 7) is 1.39. The van der Waals surface area contributed by atoms with Crippen molar-refractivity contribution in [1.82, 2.24) is 25.3 Å². The standard InChI is InChI=1S/C28H37F2N5O6/c29-18-5-4-15(8-19(18)30)12-33-6-7-34-14-21(33)27(39)31-11-23-26(38)25(37)22(41-23)10-24(36)32-16-9-20(28(34)40)35(13-16)17-2-1-3-17/h4-5,8,16-17,20-23,25-26,37-38H,1-3,6-7,9-14H2,(H,31,39)(H,32,36)/t16-,20-,21-,22-,23+,25-,26+/m0/s1. The molecule has 0 aromatic heterocycles. The number of carbonyl (C=O) groups is 3. The zero-order valence-electron chi connectivity index (χ0n) is 22.8. The third-order valence-corrected chi connectivity index (χ3v) is 9.33. The third-order valence-electron chi connectivity index (χ3n) is 9.33. The molecule has 4 N–H and O–H groups in total. The zero-order valence-corrected chi connectivity index (χ0v) is 22.8. The molecule has 41 heavy (non-hydrogen) atoms. The number of ether oxygens (including phenoxy) is 1. The van der Waals surface area contributed by atoms with Gasteiger partial charge in [-0.05, 0) is 37.0 Å². The highest BCUT2D eigenvalue weighted by molar-refractivity contribution is 5.86. The van der Waals surface area contributed by atoms with Gasteiger partial charge in [0.2, 0.25) is 17.7 Å². The number of hydrogen-bond donors (Lipinski definition) is 4. The summed E-state index contributed by atoms with van der Waals surface area (Å²) in [4.78, 5) is 46.1. The highest BCUT2D eigenvalue weighted by atomic mass is 19.2. The lowest BCUT2D eigenvalue weighted by molar-refractivity contribution is -0.143. The minimum Gasteiger partial charge on any atom is -0.388 e. The molecule has 5 aliphatic rings. The summed E-state index contributed by atoms with van der Waals surface area (Å²) >= 11 is 0. The first-order chi connectivity index (χ1) is 19.7. The van der Waals surface area contributed by atoms with E-state index in [-0.39, 0.29) is 50.0 Å². The molecule has 0 unspecified atom stereocenters. The molecule has 13 heteroatoms. The maximum atomic E-state index is 13.9. The van der Waals surface area contributed by atoms with E-state index >= 15 is 0 Å². The molecule has 0 spiro atoms. The van der Waals surface area contributed by atoms with Crippen LogP contribution in [0.2, 0.25) is 0 Å². The van der Waals surface area contributed by atoms with E-state index in [1.165, 1.54) is 6.07 Å². The smallest absolute Gasteiger partial charge is 0.240 e. The molecule has 1 aromatic rings. The minimum absolute atomic E-state index is 0.0831. The van der Waals surface area contributed by atoms with Gasteiger partial charge in [0, 0.05) is 51.4 Å². The Morgan fingerprint density at radius 3 is 2.49 bits per heavy atom. The number of piperazine rings is 1. The van der Waals surface area contributed by atoms with Crippen molar-refractivity contribution in [3.63, 3.8) is 0 Å². The first kappa shape index (κ1) is 28.4. The number of amides is 3. The van der Waals surface area contributed by atoms with E-state index in [2.05, 4.69) is 15.5 Å². The average Bonchev–Trinajstić information content (AvgIpc) is 3.43. The summed E-state index contributed by atoms with van der Waals surface area (Å²) in [5, 5.41) is 26.9. The zero-order chi connectivity index (χ0) is 28.8. The van der Waals surface area contributed by atoms with Crippen LogP contribution in [-0.4, -0.2) is 124 Å². The van der Waals surface area contributed by atoms with Crippen molar-refractivity contribution in [2.24, 2.45) is 0 Å². The largest absolute Gasteiger partial charge is 0.388 e. The SMILES string of the molecule is O=C1C[C@@H]2O[C@H](CNC(=O)[C@@H]3CN(CCN3Cc3ccc(F)c(F)c3)C(=O)[C@@H]3C[C@@H](CN3C3CCC3)N1)[C@@H](O)[C@H]2O. The fraction of sp³-hybridized carbons (Fsp3) is 0.679. The lowest BCUT2D eigenvalue weighted by atomic mass is 9.91. The van der Waals surface area contributed by atoms with Gasteiger partial charge in [-0.25, -0.2) is 8.78 Å². The fourth-order valence-corrected chi connectivity index (χ4v) is 6.82. The molecule has 6 rings (SSSR count). The van der Waals surface area contributed by atoms with E-state index in [9.17, 15) is 33.4 Å². The number of benzene rings is 1. The van der Waals surface area contributed by atoms with Crippen LogP contribution in [-0.2, 0) is 25.7 Å². The Morgan fingerprint density at radius 1 is 0.976 bits per heavy atom. The first-order valence-electron chi connectivity index (χ1n) is 14.5.